The minimum absolute atomic E-state index is 0.235. The molecule has 0 saturated heterocycles. The van der Waals surface area contributed by atoms with Crippen molar-refractivity contribution in [3.05, 3.63) is 65.9 Å². The summed E-state index contributed by atoms with van der Waals surface area (Å²) in [5.74, 6) is 0. The van der Waals surface area contributed by atoms with Crippen LogP contribution in [0, 0.1) is 6.92 Å². The molecule has 1 heterocycles. The normalized spacial score (nSPS) is 11.6. The third kappa shape index (κ3) is 3.97. The Morgan fingerprint density at radius 3 is 2.48 bits per heavy atom. The van der Waals surface area contributed by atoms with Crippen LogP contribution in [-0.2, 0) is 16.6 Å². The summed E-state index contributed by atoms with van der Waals surface area (Å²) in [5.41, 5.74) is 3.01. The number of hydrogen-bond acceptors (Lipinski definition) is 4. The van der Waals surface area contributed by atoms with Crippen molar-refractivity contribution in [3.63, 3.8) is 0 Å². The van der Waals surface area contributed by atoms with Gasteiger partial charge in [-0.15, -0.1) is 0 Å². The third-order valence-electron chi connectivity index (χ3n) is 3.91. The second-order valence-electron chi connectivity index (χ2n) is 5.88. The van der Waals surface area contributed by atoms with E-state index in [9.17, 15) is 8.42 Å². The molecule has 3 aromatic rings. The van der Waals surface area contributed by atoms with E-state index >= 15 is 0 Å². The number of para-hydroxylation sites is 1. The van der Waals surface area contributed by atoms with Crippen LogP contribution >= 0.6 is 0 Å². The molecule has 0 atom stereocenters. The number of nitrogens with one attached hydrogen (secondary N) is 2. The second kappa shape index (κ2) is 7.21. The van der Waals surface area contributed by atoms with Crippen molar-refractivity contribution in [2.75, 3.05) is 11.3 Å². The molecule has 0 radical (unpaired) electrons. The van der Waals surface area contributed by atoms with Crippen LogP contribution in [-0.4, -0.2) is 19.9 Å². The van der Waals surface area contributed by atoms with Gasteiger partial charge in [-0.1, -0.05) is 42.8 Å². The number of rotatable bonds is 6. The highest BCUT2D eigenvalue weighted by Gasteiger charge is 2.16. The Balaban J connectivity index is 1.98. The first kappa shape index (κ1) is 17.4. The molecule has 0 spiro atoms. The largest absolute Gasteiger partial charge is 0.311 e. The Bertz CT molecular complexity index is 983. The van der Waals surface area contributed by atoms with E-state index in [2.05, 4.69) is 15.0 Å². The van der Waals surface area contributed by atoms with Gasteiger partial charge in [-0.05, 0) is 37.7 Å². The van der Waals surface area contributed by atoms with Gasteiger partial charge >= 0.3 is 0 Å². The standard InChI is InChI=1S/C19H21N3O2S/c1-3-20-13-16-10-9-15-5-4-6-18(19(15)21-16)22-25(23,24)17-11-7-14(2)8-12-17/h4-12,20,22H,3,13H2,1-2H3. The van der Waals surface area contributed by atoms with Gasteiger partial charge in [-0.3, -0.25) is 4.72 Å². The number of benzene rings is 2. The van der Waals surface area contributed by atoms with E-state index in [-0.39, 0.29) is 4.90 Å². The lowest BCUT2D eigenvalue weighted by atomic mass is 10.2. The maximum absolute atomic E-state index is 12.7. The maximum atomic E-state index is 12.7. The fourth-order valence-electron chi connectivity index (χ4n) is 2.54. The van der Waals surface area contributed by atoms with Crippen LogP contribution in [0.5, 0.6) is 0 Å². The molecule has 0 fully saturated rings. The number of hydrogen-bond donors (Lipinski definition) is 2. The van der Waals surface area contributed by atoms with Crippen LogP contribution in [0.4, 0.5) is 5.69 Å². The van der Waals surface area contributed by atoms with Crippen LogP contribution < -0.4 is 10.0 Å². The summed E-state index contributed by atoms with van der Waals surface area (Å²) in [6.07, 6.45) is 0. The quantitative estimate of drug-likeness (QED) is 0.710. The number of fused-ring (bicyclic) bond motifs is 1. The molecule has 1 aromatic heterocycles. The van der Waals surface area contributed by atoms with Crippen LogP contribution in [0.2, 0.25) is 0 Å². The van der Waals surface area contributed by atoms with Crippen molar-refractivity contribution < 1.29 is 8.42 Å². The molecule has 2 N–H and O–H groups in total. The number of sulfonamides is 1. The first-order chi connectivity index (χ1) is 12.0. The molecule has 0 saturated carbocycles. The fourth-order valence-corrected chi connectivity index (χ4v) is 3.61. The number of pyridine rings is 1. The molecule has 25 heavy (non-hydrogen) atoms. The van der Waals surface area contributed by atoms with Gasteiger partial charge in [-0.2, -0.15) is 0 Å². The van der Waals surface area contributed by atoms with Gasteiger partial charge < -0.3 is 5.32 Å². The van der Waals surface area contributed by atoms with Crippen molar-refractivity contribution in [2.45, 2.75) is 25.3 Å². The van der Waals surface area contributed by atoms with E-state index in [1.165, 1.54) is 0 Å². The Kier molecular flexibility index (Phi) is 5.01. The van der Waals surface area contributed by atoms with E-state index in [1.54, 1.807) is 30.3 Å². The van der Waals surface area contributed by atoms with Crippen LogP contribution in [0.15, 0.2) is 59.5 Å². The predicted molar refractivity (Wildman–Crippen MR) is 101 cm³/mol. The number of anilines is 1. The summed E-state index contributed by atoms with van der Waals surface area (Å²) in [7, 11) is -3.66. The summed E-state index contributed by atoms with van der Waals surface area (Å²) >= 11 is 0. The molecule has 5 nitrogen and oxygen atoms in total. The van der Waals surface area contributed by atoms with Crippen molar-refractivity contribution >= 4 is 26.6 Å². The van der Waals surface area contributed by atoms with Crippen molar-refractivity contribution in [3.8, 4) is 0 Å². The van der Waals surface area contributed by atoms with Crippen LogP contribution in [0.1, 0.15) is 18.2 Å². The lowest BCUT2D eigenvalue weighted by Crippen LogP contribution is -2.14. The van der Waals surface area contributed by atoms with Gasteiger partial charge in [0.2, 0.25) is 0 Å². The molecular weight excluding hydrogens is 334 g/mol. The van der Waals surface area contributed by atoms with Crippen molar-refractivity contribution in [2.24, 2.45) is 0 Å². The van der Waals surface area contributed by atoms with E-state index in [1.807, 2.05) is 38.1 Å². The Morgan fingerprint density at radius 1 is 1.00 bits per heavy atom. The Hall–Kier alpha value is -2.44. The molecule has 0 unspecified atom stereocenters. The van der Waals surface area contributed by atoms with E-state index in [0.717, 1.165) is 23.2 Å². The lowest BCUT2D eigenvalue weighted by molar-refractivity contribution is 0.601. The summed E-state index contributed by atoms with van der Waals surface area (Å²) in [6.45, 7) is 5.44. The minimum atomic E-state index is -3.66. The molecule has 0 amide bonds. The minimum Gasteiger partial charge on any atom is -0.311 e. The predicted octanol–water partition coefficient (Wildman–Crippen LogP) is 3.45. The number of nitrogens with zero attached hydrogens (tertiary/aromatic N) is 1. The highest BCUT2D eigenvalue weighted by atomic mass is 32.2. The molecule has 6 heteroatoms. The zero-order valence-corrected chi connectivity index (χ0v) is 15.1. The molecule has 0 aliphatic carbocycles. The molecule has 3 rings (SSSR count). The van der Waals surface area contributed by atoms with Gasteiger partial charge in [0.25, 0.3) is 10.0 Å². The zero-order valence-electron chi connectivity index (χ0n) is 14.3. The average Bonchev–Trinajstić information content (AvgIpc) is 2.60. The molecule has 2 aromatic carbocycles. The summed E-state index contributed by atoms with van der Waals surface area (Å²) in [4.78, 5) is 4.85. The third-order valence-corrected chi connectivity index (χ3v) is 5.29. The van der Waals surface area contributed by atoms with E-state index in [4.69, 9.17) is 0 Å². The van der Waals surface area contributed by atoms with E-state index < -0.39 is 10.0 Å². The number of aryl methyl sites for hydroxylation is 1. The first-order valence-corrected chi connectivity index (χ1v) is 9.67. The first-order valence-electron chi connectivity index (χ1n) is 8.18. The average molecular weight is 355 g/mol. The van der Waals surface area contributed by atoms with Crippen molar-refractivity contribution in [1.82, 2.24) is 10.3 Å². The van der Waals surface area contributed by atoms with Crippen LogP contribution in [0.3, 0.4) is 0 Å². The molecular formula is C19H21N3O2S. The van der Waals surface area contributed by atoms with Gasteiger partial charge in [0.1, 0.15) is 0 Å². The summed E-state index contributed by atoms with van der Waals surface area (Å²) in [6, 6.07) is 16.2. The molecule has 130 valence electrons. The van der Waals surface area contributed by atoms with E-state index in [0.29, 0.717) is 17.7 Å². The zero-order chi connectivity index (χ0) is 17.9. The molecule has 0 aliphatic heterocycles. The Labute approximate surface area is 148 Å². The highest BCUT2D eigenvalue weighted by molar-refractivity contribution is 7.92. The lowest BCUT2D eigenvalue weighted by Gasteiger charge is -2.11. The summed E-state index contributed by atoms with van der Waals surface area (Å²) in [5, 5.41) is 4.12. The maximum Gasteiger partial charge on any atom is 0.261 e. The SMILES string of the molecule is CCNCc1ccc2cccc(NS(=O)(=O)c3ccc(C)cc3)c2n1. The van der Waals surface area contributed by atoms with Crippen molar-refractivity contribution in [1.29, 1.82) is 0 Å². The molecule has 0 aliphatic rings. The van der Waals surface area contributed by atoms with Crippen LogP contribution in [0.25, 0.3) is 10.9 Å². The van der Waals surface area contributed by atoms with Gasteiger partial charge in [-0.25, -0.2) is 13.4 Å². The van der Waals surface area contributed by atoms with Gasteiger partial charge in [0, 0.05) is 11.9 Å². The number of aromatic nitrogens is 1. The topological polar surface area (TPSA) is 71.1 Å². The molecule has 0 bridgehead atoms. The highest BCUT2D eigenvalue weighted by Crippen LogP contribution is 2.24. The smallest absolute Gasteiger partial charge is 0.261 e. The van der Waals surface area contributed by atoms with Gasteiger partial charge in [0.15, 0.2) is 0 Å². The fraction of sp³-hybridized carbons (Fsp3) is 0.211. The van der Waals surface area contributed by atoms with Gasteiger partial charge in [0.05, 0.1) is 21.8 Å². The Morgan fingerprint density at radius 2 is 1.76 bits per heavy atom. The monoisotopic (exact) mass is 355 g/mol. The second-order valence-corrected chi connectivity index (χ2v) is 7.56. The summed E-state index contributed by atoms with van der Waals surface area (Å²) < 4.78 is 28.0.